The predicted molar refractivity (Wildman–Crippen MR) is 73.3 cm³/mol. The minimum atomic E-state index is -0.460. The molecule has 1 unspecified atom stereocenters. The van der Waals surface area contributed by atoms with E-state index in [9.17, 15) is 5.11 Å². The Balaban J connectivity index is 1.93. The van der Waals surface area contributed by atoms with Crippen molar-refractivity contribution in [2.45, 2.75) is 64.4 Å². The lowest BCUT2D eigenvalue weighted by Gasteiger charge is -2.28. The van der Waals surface area contributed by atoms with E-state index < -0.39 is 5.60 Å². The fraction of sp³-hybridized carbons (Fsp3) is 0.800. The molecule has 1 saturated carbocycles. The van der Waals surface area contributed by atoms with Crippen LogP contribution in [0.15, 0.2) is 12.3 Å². The highest BCUT2D eigenvalue weighted by Crippen LogP contribution is 2.39. The van der Waals surface area contributed by atoms with Gasteiger partial charge in [-0.05, 0) is 50.0 Å². The van der Waals surface area contributed by atoms with Gasteiger partial charge in [0.05, 0.1) is 5.60 Å². The summed E-state index contributed by atoms with van der Waals surface area (Å²) in [4.78, 5) is 0. The molecule has 1 aliphatic rings. The van der Waals surface area contributed by atoms with Crippen LogP contribution in [-0.4, -0.2) is 20.5 Å². The normalized spacial score (nSPS) is 28.0. The lowest BCUT2D eigenvalue weighted by Crippen LogP contribution is -2.29. The van der Waals surface area contributed by atoms with Crippen molar-refractivity contribution in [2.75, 3.05) is 0 Å². The lowest BCUT2D eigenvalue weighted by molar-refractivity contribution is 0.0138. The molecule has 2 rings (SSSR count). The molecule has 0 saturated heterocycles. The minimum absolute atomic E-state index is 0.400. The molecule has 0 aromatic carbocycles. The summed E-state index contributed by atoms with van der Waals surface area (Å²) in [6.45, 7) is 4.64. The molecular weight excluding hydrogens is 224 g/mol. The monoisotopic (exact) mass is 250 g/mol. The average Bonchev–Trinajstić information content (AvgIpc) is 2.64. The van der Waals surface area contributed by atoms with Crippen LogP contribution in [-0.2, 0) is 13.5 Å². The van der Waals surface area contributed by atoms with Gasteiger partial charge in [-0.15, -0.1) is 0 Å². The number of nitrogens with zero attached hydrogens (tertiary/aromatic N) is 2. The van der Waals surface area contributed by atoms with Crippen LogP contribution >= 0.6 is 0 Å². The van der Waals surface area contributed by atoms with Crippen LogP contribution in [0, 0.1) is 5.41 Å². The number of hydrogen-bond acceptors (Lipinski definition) is 2. The highest BCUT2D eigenvalue weighted by molar-refractivity contribution is 5.01. The number of hydrogen-bond donors (Lipinski definition) is 1. The summed E-state index contributed by atoms with van der Waals surface area (Å²) >= 11 is 0. The molecule has 0 bridgehead atoms. The Hall–Kier alpha value is -0.830. The first-order valence-corrected chi connectivity index (χ1v) is 7.10. The van der Waals surface area contributed by atoms with Gasteiger partial charge < -0.3 is 5.11 Å². The Kier molecular flexibility index (Phi) is 3.81. The van der Waals surface area contributed by atoms with Gasteiger partial charge >= 0.3 is 0 Å². The van der Waals surface area contributed by atoms with Gasteiger partial charge in [0.1, 0.15) is 0 Å². The zero-order chi connectivity index (χ0) is 13.2. The number of aryl methyl sites for hydroxylation is 2. The van der Waals surface area contributed by atoms with Gasteiger partial charge in [0.25, 0.3) is 0 Å². The Labute approximate surface area is 110 Å². The molecule has 18 heavy (non-hydrogen) atoms. The van der Waals surface area contributed by atoms with Crippen LogP contribution in [0.2, 0.25) is 0 Å². The van der Waals surface area contributed by atoms with E-state index in [0.717, 1.165) is 38.5 Å². The van der Waals surface area contributed by atoms with Crippen molar-refractivity contribution in [1.82, 2.24) is 9.78 Å². The summed E-state index contributed by atoms with van der Waals surface area (Å²) in [6.07, 6.45) is 9.03. The van der Waals surface area contributed by atoms with E-state index in [1.807, 2.05) is 24.0 Å². The van der Waals surface area contributed by atoms with E-state index >= 15 is 0 Å². The fourth-order valence-electron chi connectivity index (χ4n) is 2.97. The van der Waals surface area contributed by atoms with Crippen LogP contribution in [0.5, 0.6) is 0 Å². The van der Waals surface area contributed by atoms with Crippen molar-refractivity contribution < 1.29 is 5.11 Å². The molecule has 1 N–H and O–H groups in total. The largest absolute Gasteiger partial charge is 0.390 e. The molecule has 1 aromatic rings. The Morgan fingerprint density at radius 2 is 2.06 bits per heavy atom. The van der Waals surface area contributed by atoms with Crippen LogP contribution in [0.25, 0.3) is 0 Å². The number of aliphatic hydroxyl groups is 1. The smallest absolute Gasteiger partial charge is 0.0651 e. The average molecular weight is 250 g/mol. The Morgan fingerprint density at radius 1 is 1.28 bits per heavy atom. The van der Waals surface area contributed by atoms with Crippen molar-refractivity contribution in [3.63, 3.8) is 0 Å². The summed E-state index contributed by atoms with van der Waals surface area (Å²) in [5.74, 6) is 0. The Morgan fingerprint density at radius 3 is 2.72 bits per heavy atom. The quantitative estimate of drug-likeness (QED) is 0.837. The van der Waals surface area contributed by atoms with Crippen LogP contribution in [0.1, 0.15) is 58.1 Å². The van der Waals surface area contributed by atoms with Crippen LogP contribution in [0.4, 0.5) is 0 Å². The SMILES string of the molecule is Cn1nccc1CCC1(O)CCCC(C)(C)CC1. The fourth-order valence-corrected chi connectivity index (χ4v) is 2.97. The van der Waals surface area contributed by atoms with E-state index in [0.29, 0.717) is 5.41 Å². The highest BCUT2D eigenvalue weighted by Gasteiger charge is 2.33. The predicted octanol–water partition coefficient (Wildman–Crippen LogP) is 3.07. The van der Waals surface area contributed by atoms with Crippen molar-refractivity contribution >= 4 is 0 Å². The van der Waals surface area contributed by atoms with Crippen molar-refractivity contribution in [1.29, 1.82) is 0 Å². The second-order valence-corrected chi connectivity index (χ2v) is 6.69. The zero-order valence-corrected chi connectivity index (χ0v) is 11.9. The van der Waals surface area contributed by atoms with E-state index in [4.69, 9.17) is 0 Å². The second-order valence-electron chi connectivity index (χ2n) is 6.69. The first-order valence-electron chi connectivity index (χ1n) is 7.10. The molecule has 102 valence electrons. The molecule has 1 heterocycles. The van der Waals surface area contributed by atoms with Gasteiger partial charge in [0.15, 0.2) is 0 Å². The molecule has 1 fully saturated rings. The van der Waals surface area contributed by atoms with E-state index in [1.165, 1.54) is 12.1 Å². The maximum absolute atomic E-state index is 10.7. The highest BCUT2D eigenvalue weighted by atomic mass is 16.3. The van der Waals surface area contributed by atoms with Crippen molar-refractivity contribution in [3.8, 4) is 0 Å². The molecule has 0 spiro atoms. The molecule has 3 heteroatoms. The molecule has 1 aliphatic carbocycles. The summed E-state index contributed by atoms with van der Waals surface area (Å²) < 4.78 is 1.91. The third-order valence-corrected chi connectivity index (χ3v) is 4.53. The third kappa shape index (κ3) is 3.35. The van der Waals surface area contributed by atoms with Gasteiger partial charge in [-0.2, -0.15) is 5.10 Å². The number of aromatic nitrogens is 2. The third-order valence-electron chi connectivity index (χ3n) is 4.53. The second kappa shape index (κ2) is 5.04. The van der Waals surface area contributed by atoms with Crippen molar-refractivity contribution in [2.24, 2.45) is 12.5 Å². The summed E-state index contributed by atoms with van der Waals surface area (Å²) in [6, 6.07) is 2.05. The molecule has 3 nitrogen and oxygen atoms in total. The molecule has 0 amide bonds. The Bertz CT molecular complexity index is 397. The molecule has 1 aromatic heterocycles. The van der Waals surface area contributed by atoms with Crippen LogP contribution < -0.4 is 0 Å². The summed E-state index contributed by atoms with van der Waals surface area (Å²) in [7, 11) is 1.97. The minimum Gasteiger partial charge on any atom is -0.390 e. The lowest BCUT2D eigenvalue weighted by atomic mass is 9.83. The molecule has 0 aliphatic heterocycles. The maximum Gasteiger partial charge on any atom is 0.0651 e. The van der Waals surface area contributed by atoms with Gasteiger partial charge in [-0.3, -0.25) is 4.68 Å². The molecule has 1 atom stereocenters. The topological polar surface area (TPSA) is 38.0 Å². The first kappa shape index (κ1) is 13.6. The standard InChI is InChI=1S/C15H26N2O/c1-14(2)7-4-8-15(18,11-10-14)9-5-13-6-12-16-17(13)3/h6,12,18H,4-5,7-11H2,1-3H3. The van der Waals surface area contributed by atoms with Gasteiger partial charge in [-0.25, -0.2) is 0 Å². The van der Waals surface area contributed by atoms with Gasteiger partial charge in [0.2, 0.25) is 0 Å². The number of rotatable bonds is 3. The van der Waals surface area contributed by atoms with E-state index in [1.54, 1.807) is 0 Å². The molecule has 0 radical (unpaired) electrons. The zero-order valence-electron chi connectivity index (χ0n) is 11.9. The van der Waals surface area contributed by atoms with Crippen LogP contribution in [0.3, 0.4) is 0 Å². The summed E-state index contributed by atoms with van der Waals surface area (Å²) in [5, 5.41) is 14.9. The van der Waals surface area contributed by atoms with Gasteiger partial charge in [0, 0.05) is 18.9 Å². The first-order chi connectivity index (χ1) is 8.40. The van der Waals surface area contributed by atoms with Crippen molar-refractivity contribution in [3.05, 3.63) is 18.0 Å². The maximum atomic E-state index is 10.7. The summed E-state index contributed by atoms with van der Waals surface area (Å²) in [5.41, 5.74) is 1.15. The van der Waals surface area contributed by atoms with Gasteiger partial charge in [-0.1, -0.05) is 20.3 Å². The van der Waals surface area contributed by atoms with E-state index in [2.05, 4.69) is 18.9 Å². The molecular formula is C15H26N2O. The van der Waals surface area contributed by atoms with E-state index in [-0.39, 0.29) is 0 Å².